The Morgan fingerprint density at radius 2 is 1.80 bits per heavy atom. The van der Waals surface area contributed by atoms with Gasteiger partial charge in [0.2, 0.25) is 5.91 Å². The lowest BCUT2D eigenvalue weighted by Crippen LogP contribution is -2.43. The molecule has 0 unspecified atom stereocenters. The zero-order chi connectivity index (χ0) is 17.7. The highest BCUT2D eigenvalue weighted by molar-refractivity contribution is 7.17. The van der Waals surface area contributed by atoms with Crippen LogP contribution in [0.3, 0.4) is 0 Å². The fourth-order valence-corrected chi connectivity index (χ4v) is 5.91. The van der Waals surface area contributed by atoms with Crippen molar-refractivity contribution >= 4 is 34.1 Å². The molecule has 1 aromatic heterocycles. The third kappa shape index (κ3) is 2.57. The maximum atomic E-state index is 12.8. The minimum Gasteiger partial charge on any atom is -0.550 e. The predicted molar refractivity (Wildman–Crippen MR) is 90.8 cm³/mol. The summed E-state index contributed by atoms with van der Waals surface area (Å²) in [5.74, 6) is -3.76. The van der Waals surface area contributed by atoms with Gasteiger partial charge in [0, 0.05) is 16.8 Å². The summed E-state index contributed by atoms with van der Waals surface area (Å²) in [6.45, 7) is 0. The SMILES string of the molecule is NC(=O)c1c(NC(=O)[C@H]2[C@@H](C(=O)[O-])[C@H]3C=C[C@@H]2C3)sc2c1CCCC2. The summed E-state index contributed by atoms with van der Waals surface area (Å²) in [4.78, 5) is 37.3. The molecule has 4 atom stereocenters. The second-order valence-corrected chi connectivity index (χ2v) is 8.19. The number of hydrogen-bond acceptors (Lipinski definition) is 5. The molecule has 6 nitrogen and oxygen atoms in total. The number of carbonyl (C=O) groups is 3. The molecule has 1 saturated carbocycles. The zero-order valence-electron chi connectivity index (χ0n) is 13.6. The molecule has 1 fully saturated rings. The second-order valence-electron chi connectivity index (χ2n) is 7.09. The van der Waals surface area contributed by atoms with Gasteiger partial charge in [-0.25, -0.2) is 0 Å². The highest BCUT2D eigenvalue weighted by Crippen LogP contribution is 2.48. The maximum Gasteiger partial charge on any atom is 0.251 e. The molecule has 132 valence electrons. The van der Waals surface area contributed by atoms with E-state index in [9.17, 15) is 19.5 Å². The number of aliphatic carboxylic acids is 1. The fraction of sp³-hybridized carbons (Fsp3) is 0.500. The minimum atomic E-state index is -1.18. The molecule has 0 aliphatic heterocycles. The maximum absolute atomic E-state index is 12.8. The zero-order valence-corrected chi connectivity index (χ0v) is 14.4. The Bertz CT molecular complexity index is 797. The Labute approximate surface area is 149 Å². The first-order valence-corrected chi connectivity index (χ1v) is 9.43. The minimum absolute atomic E-state index is 0.0838. The van der Waals surface area contributed by atoms with Gasteiger partial charge >= 0.3 is 0 Å². The van der Waals surface area contributed by atoms with Gasteiger partial charge in [-0.2, -0.15) is 0 Å². The van der Waals surface area contributed by atoms with E-state index in [1.807, 2.05) is 12.2 Å². The highest BCUT2D eigenvalue weighted by Gasteiger charge is 2.49. The summed E-state index contributed by atoms with van der Waals surface area (Å²) in [6.07, 6.45) is 8.19. The molecule has 0 radical (unpaired) electrons. The third-order valence-electron chi connectivity index (χ3n) is 5.69. The topological polar surface area (TPSA) is 112 Å². The number of hydrogen-bond donors (Lipinski definition) is 2. The van der Waals surface area contributed by atoms with Gasteiger partial charge < -0.3 is 21.0 Å². The van der Waals surface area contributed by atoms with Gasteiger partial charge in [-0.15, -0.1) is 11.3 Å². The van der Waals surface area contributed by atoms with Gasteiger partial charge in [0.05, 0.1) is 11.5 Å². The lowest BCUT2D eigenvalue weighted by atomic mass is 9.82. The Balaban J connectivity index is 1.63. The molecule has 3 aliphatic rings. The number of carbonyl (C=O) groups excluding carboxylic acids is 3. The number of primary amides is 1. The molecule has 0 spiro atoms. The van der Waals surface area contributed by atoms with E-state index in [2.05, 4.69) is 5.32 Å². The van der Waals surface area contributed by atoms with Crippen molar-refractivity contribution in [3.05, 3.63) is 28.2 Å². The summed E-state index contributed by atoms with van der Waals surface area (Å²) in [7, 11) is 0. The van der Waals surface area contributed by atoms with Crippen LogP contribution in [0.2, 0.25) is 0 Å². The largest absolute Gasteiger partial charge is 0.550 e. The normalized spacial score (nSPS) is 29.4. The van der Waals surface area contributed by atoms with Crippen LogP contribution >= 0.6 is 11.3 Å². The Hall–Kier alpha value is -2.15. The van der Waals surface area contributed by atoms with E-state index in [4.69, 9.17) is 5.73 Å². The van der Waals surface area contributed by atoms with Crippen LogP contribution in [-0.4, -0.2) is 17.8 Å². The van der Waals surface area contributed by atoms with Crippen molar-refractivity contribution in [1.82, 2.24) is 0 Å². The molecule has 7 heteroatoms. The van der Waals surface area contributed by atoms with Gasteiger partial charge in [0.25, 0.3) is 5.91 Å². The molecule has 0 aromatic carbocycles. The number of nitrogens with one attached hydrogen (secondary N) is 1. The van der Waals surface area contributed by atoms with Crippen LogP contribution in [0.25, 0.3) is 0 Å². The van der Waals surface area contributed by atoms with Crippen molar-refractivity contribution in [2.75, 3.05) is 5.32 Å². The Morgan fingerprint density at radius 1 is 1.12 bits per heavy atom. The quantitative estimate of drug-likeness (QED) is 0.776. The second kappa shape index (κ2) is 5.98. The van der Waals surface area contributed by atoms with Crippen molar-refractivity contribution in [2.45, 2.75) is 32.1 Å². The van der Waals surface area contributed by atoms with Gasteiger partial charge in [-0.3, -0.25) is 9.59 Å². The average molecular weight is 359 g/mol. The first kappa shape index (κ1) is 16.3. The monoisotopic (exact) mass is 359 g/mol. The number of nitrogens with two attached hydrogens (primary N) is 1. The van der Waals surface area contributed by atoms with E-state index in [1.165, 1.54) is 11.3 Å². The number of carboxylic acids is 1. The van der Waals surface area contributed by atoms with E-state index >= 15 is 0 Å². The summed E-state index contributed by atoms with van der Waals surface area (Å²) in [5, 5.41) is 14.8. The molecular formula is C18H19N2O4S-. The number of aryl methyl sites for hydroxylation is 1. The number of carboxylic acid groups (broad SMARTS) is 1. The van der Waals surface area contributed by atoms with Crippen LogP contribution in [0.5, 0.6) is 0 Å². The standard InChI is InChI=1S/C18H20N2O4S/c19-15(21)14-10-3-1-2-4-11(10)25-17(14)20-16(22)12-8-5-6-9(7-8)13(12)18(23)24/h5-6,8-9,12-13H,1-4,7H2,(H2,19,21)(H,20,22)(H,23,24)/p-1/t8-,9+,12-,13+/m1/s1. The fourth-order valence-electron chi connectivity index (χ4n) is 4.61. The van der Waals surface area contributed by atoms with Crippen molar-refractivity contribution in [1.29, 1.82) is 0 Å². The van der Waals surface area contributed by atoms with E-state index < -0.39 is 23.7 Å². The van der Waals surface area contributed by atoms with Crippen LogP contribution in [0.1, 0.15) is 40.1 Å². The summed E-state index contributed by atoms with van der Waals surface area (Å²) < 4.78 is 0. The summed E-state index contributed by atoms with van der Waals surface area (Å²) in [5.41, 5.74) is 6.90. The molecule has 2 bridgehead atoms. The van der Waals surface area contributed by atoms with Crippen molar-refractivity contribution < 1.29 is 19.5 Å². The van der Waals surface area contributed by atoms with Crippen LogP contribution in [0, 0.1) is 23.7 Å². The van der Waals surface area contributed by atoms with Crippen molar-refractivity contribution in [3.8, 4) is 0 Å². The van der Waals surface area contributed by atoms with E-state index in [0.29, 0.717) is 17.0 Å². The average Bonchev–Trinajstić information content (AvgIpc) is 3.25. The number of allylic oxidation sites excluding steroid dienone is 2. The molecule has 4 rings (SSSR count). The van der Waals surface area contributed by atoms with Crippen LogP contribution in [-0.2, 0) is 22.4 Å². The van der Waals surface area contributed by atoms with Gasteiger partial charge in [-0.1, -0.05) is 12.2 Å². The molecule has 25 heavy (non-hydrogen) atoms. The number of thiophene rings is 1. The van der Waals surface area contributed by atoms with Crippen LogP contribution in [0.4, 0.5) is 5.00 Å². The van der Waals surface area contributed by atoms with Crippen LogP contribution < -0.4 is 16.2 Å². The number of amides is 2. The first-order chi connectivity index (χ1) is 12.0. The van der Waals surface area contributed by atoms with Gasteiger partial charge in [0.15, 0.2) is 0 Å². The summed E-state index contributed by atoms with van der Waals surface area (Å²) >= 11 is 1.39. The predicted octanol–water partition coefficient (Wildman–Crippen LogP) is 0.852. The first-order valence-electron chi connectivity index (χ1n) is 8.61. The number of rotatable bonds is 4. The lowest BCUT2D eigenvalue weighted by Gasteiger charge is -2.27. The third-order valence-corrected chi connectivity index (χ3v) is 6.90. The smallest absolute Gasteiger partial charge is 0.251 e. The molecule has 1 aromatic rings. The molecular weight excluding hydrogens is 340 g/mol. The van der Waals surface area contributed by atoms with Gasteiger partial charge in [0.1, 0.15) is 5.00 Å². The number of fused-ring (bicyclic) bond motifs is 3. The molecule has 1 heterocycles. The van der Waals surface area contributed by atoms with Crippen molar-refractivity contribution in [2.24, 2.45) is 29.4 Å². The van der Waals surface area contributed by atoms with E-state index in [-0.39, 0.29) is 17.7 Å². The van der Waals surface area contributed by atoms with Gasteiger partial charge in [-0.05, 0) is 49.5 Å². The Kier molecular flexibility index (Phi) is 3.91. The van der Waals surface area contributed by atoms with E-state index in [0.717, 1.165) is 36.1 Å². The Morgan fingerprint density at radius 3 is 2.48 bits per heavy atom. The highest BCUT2D eigenvalue weighted by atomic mass is 32.1. The molecule has 0 saturated heterocycles. The number of anilines is 1. The van der Waals surface area contributed by atoms with Crippen LogP contribution in [0.15, 0.2) is 12.2 Å². The van der Waals surface area contributed by atoms with Crippen molar-refractivity contribution in [3.63, 3.8) is 0 Å². The molecule has 3 aliphatic carbocycles. The van der Waals surface area contributed by atoms with E-state index in [1.54, 1.807) is 0 Å². The molecule has 2 amide bonds. The summed E-state index contributed by atoms with van der Waals surface area (Å²) in [6, 6.07) is 0. The molecule has 3 N–H and O–H groups in total. The lowest BCUT2D eigenvalue weighted by molar-refractivity contribution is -0.313.